The van der Waals surface area contributed by atoms with Crippen LogP contribution in [0.2, 0.25) is 0 Å². The van der Waals surface area contributed by atoms with Gasteiger partial charge in [-0.25, -0.2) is 9.37 Å². The molecule has 0 spiro atoms. The Hall–Kier alpha value is -3.03. The van der Waals surface area contributed by atoms with Crippen LogP contribution >= 0.6 is 0 Å². The Bertz CT molecular complexity index is 910. The molecule has 1 amide bonds. The maximum atomic E-state index is 13.0. The number of hydrogen-bond acceptors (Lipinski definition) is 4. The number of rotatable bonds is 4. The van der Waals surface area contributed by atoms with Crippen molar-refractivity contribution in [3.63, 3.8) is 0 Å². The van der Waals surface area contributed by atoms with Crippen molar-refractivity contribution >= 4 is 5.91 Å². The van der Waals surface area contributed by atoms with E-state index in [1.807, 2.05) is 27.3 Å². The molecule has 0 radical (unpaired) electrons. The third-order valence-corrected chi connectivity index (χ3v) is 5.12. The van der Waals surface area contributed by atoms with E-state index in [1.165, 1.54) is 24.3 Å². The molecule has 7 nitrogen and oxygen atoms in total. The monoisotopic (exact) mass is 368 g/mol. The Morgan fingerprint density at radius 1 is 1.19 bits per heavy atom. The molecule has 3 heterocycles. The van der Waals surface area contributed by atoms with Gasteiger partial charge < -0.3 is 14.0 Å². The van der Waals surface area contributed by atoms with Crippen LogP contribution in [0.25, 0.3) is 0 Å². The molecule has 0 aliphatic carbocycles. The maximum Gasteiger partial charge on any atom is 0.253 e. The van der Waals surface area contributed by atoms with Gasteiger partial charge in [0.1, 0.15) is 11.6 Å². The Kier molecular flexibility index (Phi) is 4.70. The summed E-state index contributed by atoms with van der Waals surface area (Å²) in [6.45, 7) is 1.95. The van der Waals surface area contributed by atoms with Crippen LogP contribution in [0.15, 0.2) is 43.0 Å². The molecule has 0 saturated carbocycles. The predicted octanol–water partition coefficient (Wildman–Crippen LogP) is 2.22. The predicted molar refractivity (Wildman–Crippen MR) is 96.6 cm³/mol. The fourth-order valence-electron chi connectivity index (χ4n) is 3.53. The molecule has 1 aliphatic rings. The van der Waals surface area contributed by atoms with Crippen LogP contribution in [0.4, 0.5) is 4.39 Å². The first-order valence-corrected chi connectivity index (χ1v) is 9.00. The number of amides is 1. The number of aromatic nitrogens is 5. The van der Waals surface area contributed by atoms with E-state index in [0.717, 1.165) is 24.5 Å². The fraction of sp³-hybridized carbons (Fsp3) is 0.368. The average molecular weight is 368 g/mol. The molecule has 0 unspecified atom stereocenters. The maximum absolute atomic E-state index is 13.0. The highest BCUT2D eigenvalue weighted by Crippen LogP contribution is 2.27. The van der Waals surface area contributed by atoms with Crippen molar-refractivity contribution in [2.24, 2.45) is 7.05 Å². The van der Waals surface area contributed by atoms with Gasteiger partial charge in [-0.3, -0.25) is 4.79 Å². The van der Waals surface area contributed by atoms with E-state index in [0.29, 0.717) is 25.2 Å². The van der Waals surface area contributed by atoms with E-state index < -0.39 is 0 Å². The second-order valence-electron chi connectivity index (χ2n) is 6.84. The zero-order chi connectivity index (χ0) is 18.8. The third-order valence-electron chi connectivity index (χ3n) is 5.12. The van der Waals surface area contributed by atoms with Crippen molar-refractivity contribution in [3.05, 3.63) is 66.0 Å². The van der Waals surface area contributed by atoms with E-state index in [1.54, 1.807) is 12.5 Å². The van der Waals surface area contributed by atoms with Crippen molar-refractivity contribution in [2.45, 2.75) is 25.3 Å². The second kappa shape index (κ2) is 7.30. The number of nitrogens with zero attached hydrogens (tertiary/aromatic N) is 6. The lowest BCUT2D eigenvalue weighted by Crippen LogP contribution is -2.38. The normalized spacial score (nSPS) is 15.3. The molecule has 140 valence electrons. The van der Waals surface area contributed by atoms with E-state index >= 15 is 0 Å². The lowest BCUT2D eigenvalue weighted by Gasteiger charge is -2.31. The van der Waals surface area contributed by atoms with Crippen molar-refractivity contribution in [2.75, 3.05) is 13.1 Å². The number of likely N-dealkylation sites (tertiary alicyclic amines) is 1. The number of piperidine rings is 1. The molecule has 1 aromatic carbocycles. The summed E-state index contributed by atoms with van der Waals surface area (Å²) in [6, 6.07) is 5.71. The highest BCUT2D eigenvalue weighted by Gasteiger charge is 2.27. The van der Waals surface area contributed by atoms with Gasteiger partial charge in [0.2, 0.25) is 0 Å². The van der Waals surface area contributed by atoms with E-state index in [9.17, 15) is 9.18 Å². The standard InChI is InChI=1S/C19H21FN6O/c1-24-17(12-25-11-8-21-13-25)22-23-18(24)14-6-9-26(10-7-14)19(27)15-2-4-16(20)5-3-15/h2-5,8,11,13-14H,6-7,9-10,12H2,1H3. The van der Waals surface area contributed by atoms with Gasteiger partial charge in [0.05, 0.1) is 12.9 Å². The molecule has 1 saturated heterocycles. The van der Waals surface area contributed by atoms with E-state index in [-0.39, 0.29) is 17.6 Å². The lowest BCUT2D eigenvalue weighted by atomic mass is 9.95. The smallest absolute Gasteiger partial charge is 0.253 e. The summed E-state index contributed by atoms with van der Waals surface area (Å²) < 4.78 is 17.0. The average Bonchev–Trinajstić information content (AvgIpc) is 3.33. The molecule has 2 aromatic heterocycles. The van der Waals surface area contributed by atoms with Gasteiger partial charge >= 0.3 is 0 Å². The van der Waals surface area contributed by atoms with Crippen LogP contribution in [-0.4, -0.2) is 48.2 Å². The van der Waals surface area contributed by atoms with Crippen LogP contribution in [-0.2, 0) is 13.6 Å². The Balaban J connectivity index is 1.40. The number of carbonyl (C=O) groups excluding carboxylic acids is 1. The summed E-state index contributed by atoms with van der Waals surface area (Å²) in [5.74, 6) is 1.73. The van der Waals surface area contributed by atoms with Crippen molar-refractivity contribution in [3.8, 4) is 0 Å². The largest absolute Gasteiger partial charge is 0.339 e. The van der Waals surface area contributed by atoms with Crippen LogP contribution in [0.1, 0.15) is 40.8 Å². The van der Waals surface area contributed by atoms with Gasteiger partial charge in [-0.1, -0.05) is 0 Å². The fourth-order valence-corrected chi connectivity index (χ4v) is 3.53. The minimum absolute atomic E-state index is 0.0489. The summed E-state index contributed by atoms with van der Waals surface area (Å²) in [4.78, 5) is 18.4. The van der Waals surface area contributed by atoms with E-state index in [2.05, 4.69) is 15.2 Å². The van der Waals surface area contributed by atoms with Gasteiger partial charge in [-0.15, -0.1) is 10.2 Å². The Labute approximate surface area is 156 Å². The van der Waals surface area contributed by atoms with Crippen LogP contribution in [0.5, 0.6) is 0 Å². The Morgan fingerprint density at radius 2 is 1.93 bits per heavy atom. The first-order chi connectivity index (χ1) is 13.1. The summed E-state index contributed by atoms with van der Waals surface area (Å²) in [6.07, 6.45) is 7.07. The van der Waals surface area contributed by atoms with Crippen LogP contribution in [0, 0.1) is 5.82 Å². The lowest BCUT2D eigenvalue weighted by molar-refractivity contribution is 0.0710. The summed E-state index contributed by atoms with van der Waals surface area (Å²) in [5, 5.41) is 8.72. The number of imidazole rings is 1. The molecule has 0 N–H and O–H groups in total. The zero-order valence-corrected chi connectivity index (χ0v) is 15.1. The minimum Gasteiger partial charge on any atom is -0.339 e. The van der Waals surface area contributed by atoms with Crippen molar-refractivity contribution in [1.82, 2.24) is 29.2 Å². The van der Waals surface area contributed by atoms with Gasteiger partial charge in [0.15, 0.2) is 5.82 Å². The van der Waals surface area contributed by atoms with Gasteiger partial charge in [-0.05, 0) is 37.1 Å². The van der Waals surface area contributed by atoms with E-state index in [4.69, 9.17) is 0 Å². The summed E-state index contributed by atoms with van der Waals surface area (Å²) >= 11 is 0. The minimum atomic E-state index is -0.334. The quantitative estimate of drug-likeness (QED) is 0.708. The molecule has 27 heavy (non-hydrogen) atoms. The molecule has 3 aromatic rings. The molecule has 1 fully saturated rings. The number of halogens is 1. The number of carbonyl (C=O) groups is 1. The highest BCUT2D eigenvalue weighted by molar-refractivity contribution is 5.94. The van der Waals surface area contributed by atoms with Crippen molar-refractivity contribution < 1.29 is 9.18 Å². The topological polar surface area (TPSA) is 68.8 Å². The summed E-state index contributed by atoms with van der Waals surface area (Å²) in [5.41, 5.74) is 0.524. The second-order valence-corrected chi connectivity index (χ2v) is 6.84. The number of hydrogen-bond donors (Lipinski definition) is 0. The molecule has 0 bridgehead atoms. The SMILES string of the molecule is Cn1c(Cn2ccnc2)nnc1C1CCN(C(=O)c2ccc(F)cc2)CC1. The van der Waals surface area contributed by atoms with Crippen LogP contribution < -0.4 is 0 Å². The molecule has 1 aliphatic heterocycles. The molecule has 8 heteroatoms. The summed E-state index contributed by atoms with van der Waals surface area (Å²) in [7, 11) is 1.98. The van der Waals surface area contributed by atoms with Gasteiger partial charge in [-0.2, -0.15) is 0 Å². The third kappa shape index (κ3) is 3.60. The van der Waals surface area contributed by atoms with Gasteiger partial charge in [0.25, 0.3) is 5.91 Å². The highest BCUT2D eigenvalue weighted by atomic mass is 19.1. The first kappa shape index (κ1) is 17.4. The molecular weight excluding hydrogens is 347 g/mol. The molecule has 4 rings (SSSR count). The Morgan fingerprint density at radius 3 is 2.59 bits per heavy atom. The first-order valence-electron chi connectivity index (χ1n) is 9.00. The van der Waals surface area contributed by atoms with Crippen LogP contribution in [0.3, 0.4) is 0 Å². The zero-order valence-electron chi connectivity index (χ0n) is 15.1. The van der Waals surface area contributed by atoms with Crippen molar-refractivity contribution in [1.29, 1.82) is 0 Å². The van der Waals surface area contributed by atoms with Gasteiger partial charge in [0, 0.05) is 44.0 Å². The molecular formula is C19H21FN6O. The molecule has 0 atom stereocenters. The number of benzene rings is 1.